The fraction of sp³-hybridized carbons (Fsp3) is 0.679. The van der Waals surface area contributed by atoms with Crippen LogP contribution in [0.3, 0.4) is 0 Å². The van der Waals surface area contributed by atoms with Crippen molar-refractivity contribution in [3.8, 4) is 0 Å². The molecule has 3 aliphatic rings. The number of rotatable bonds is 7. The summed E-state index contributed by atoms with van der Waals surface area (Å²) in [6.45, 7) is 7.48. The van der Waals surface area contributed by atoms with E-state index in [9.17, 15) is 14.4 Å². The molecule has 1 aliphatic heterocycles. The molecule has 3 fully saturated rings. The fourth-order valence-corrected chi connectivity index (χ4v) is 5.62. The van der Waals surface area contributed by atoms with Crippen LogP contribution in [0.5, 0.6) is 0 Å². The third kappa shape index (κ3) is 5.50. The van der Waals surface area contributed by atoms with E-state index in [1.54, 1.807) is 0 Å². The zero-order valence-corrected chi connectivity index (χ0v) is 20.6. The van der Waals surface area contributed by atoms with Gasteiger partial charge in [-0.05, 0) is 62.1 Å². The number of hydrogen-bond acceptors (Lipinski definition) is 3. The Morgan fingerprint density at radius 2 is 1.76 bits per heavy atom. The van der Waals surface area contributed by atoms with Crippen LogP contribution in [-0.2, 0) is 9.59 Å². The lowest BCUT2D eigenvalue weighted by molar-refractivity contribution is -0.137. The number of Topliss-reactive ketones (excluding diaryl/α,β-unsaturated/α-hetero) is 1. The Labute approximate surface area is 198 Å². The summed E-state index contributed by atoms with van der Waals surface area (Å²) in [4.78, 5) is 41.1. The molecule has 0 aromatic heterocycles. The molecule has 2 aliphatic carbocycles. The summed E-state index contributed by atoms with van der Waals surface area (Å²) in [5.41, 5.74) is 1.59. The second-order valence-electron chi connectivity index (χ2n) is 11.2. The largest absolute Gasteiger partial charge is 0.342 e. The summed E-state index contributed by atoms with van der Waals surface area (Å²) in [6, 6.07) is 7.43. The second kappa shape index (κ2) is 9.99. The molecule has 33 heavy (non-hydrogen) atoms. The molecule has 180 valence electrons. The van der Waals surface area contributed by atoms with Gasteiger partial charge >= 0.3 is 0 Å². The molecule has 4 rings (SSSR count). The van der Waals surface area contributed by atoms with Gasteiger partial charge in [-0.2, -0.15) is 0 Å². The van der Waals surface area contributed by atoms with E-state index < -0.39 is 6.04 Å². The Bertz CT molecular complexity index is 883. The third-order valence-corrected chi connectivity index (χ3v) is 8.13. The van der Waals surface area contributed by atoms with E-state index >= 15 is 0 Å². The number of piperidine rings is 1. The van der Waals surface area contributed by atoms with Crippen LogP contribution in [0.2, 0.25) is 0 Å². The maximum atomic E-state index is 13.2. The van der Waals surface area contributed by atoms with Gasteiger partial charge in [-0.3, -0.25) is 14.4 Å². The minimum atomic E-state index is -0.400. The number of carbonyl (C=O) groups is 3. The van der Waals surface area contributed by atoms with Gasteiger partial charge < -0.3 is 10.2 Å². The zero-order valence-electron chi connectivity index (χ0n) is 20.6. The van der Waals surface area contributed by atoms with Crippen LogP contribution < -0.4 is 5.32 Å². The number of nitrogens with one attached hydrogen (secondary N) is 1. The van der Waals surface area contributed by atoms with E-state index in [-0.39, 0.29) is 34.9 Å². The van der Waals surface area contributed by atoms with Gasteiger partial charge in [-0.15, -0.1) is 0 Å². The summed E-state index contributed by atoms with van der Waals surface area (Å²) in [7, 11) is 0. The van der Waals surface area contributed by atoms with Crippen LogP contribution in [0, 0.1) is 17.3 Å². The van der Waals surface area contributed by atoms with Crippen molar-refractivity contribution >= 4 is 17.6 Å². The van der Waals surface area contributed by atoms with Crippen molar-refractivity contribution in [1.82, 2.24) is 10.2 Å². The lowest BCUT2D eigenvalue weighted by Gasteiger charge is -2.35. The Balaban J connectivity index is 1.46. The summed E-state index contributed by atoms with van der Waals surface area (Å²) >= 11 is 0. The number of hydrogen-bond donors (Lipinski definition) is 1. The Hall–Kier alpha value is -2.17. The molecule has 0 bridgehead atoms. The van der Waals surface area contributed by atoms with Crippen molar-refractivity contribution in [3.05, 3.63) is 35.4 Å². The number of benzene rings is 1. The molecule has 5 heteroatoms. The van der Waals surface area contributed by atoms with E-state index in [2.05, 4.69) is 18.3 Å². The standard InChI is InChI=1S/C28H40N2O3/c1-19(2)25(31)24(20-9-5-4-6-10-20)29-26(32)22-12-7-11-21(17-22)23-13-8-16-30(18-23)27(33)28(3)14-15-28/h7,11-12,17,19-20,23-24H,4-6,8-10,13-16,18H2,1-3H3,(H,29,32). The van der Waals surface area contributed by atoms with Crippen LogP contribution in [0.1, 0.15) is 100 Å². The van der Waals surface area contributed by atoms with Crippen LogP contribution in [0.4, 0.5) is 0 Å². The van der Waals surface area contributed by atoms with Crippen molar-refractivity contribution in [1.29, 1.82) is 0 Å². The Morgan fingerprint density at radius 1 is 1.03 bits per heavy atom. The van der Waals surface area contributed by atoms with Gasteiger partial charge in [0.15, 0.2) is 5.78 Å². The predicted molar refractivity (Wildman–Crippen MR) is 130 cm³/mol. The van der Waals surface area contributed by atoms with Crippen molar-refractivity contribution < 1.29 is 14.4 Å². The fourth-order valence-electron chi connectivity index (χ4n) is 5.62. The monoisotopic (exact) mass is 452 g/mol. The highest BCUT2D eigenvalue weighted by molar-refractivity contribution is 5.98. The van der Waals surface area contributed by atoms with Crippen molar-refractivity contribution in [2.75, 3.05) is 13.1 Å². The van der Waals surface area contributed by atoms with E-state index in [0.29, 0.717) is 11.5 Å². The summed E-state index contributed by atoms with van der Waals surface area (Å²) in [6.07, 6.45) is 9.52. The van der Waals surface area contributed by atoms with E-state index in [4.69, 9.17) is 0 Å². The van der Waals surface area contributed by atoms with Crippen LogP contribution >= 0.6 is 0 Å². The summed E-state index contributed by atoms with van der Waals surface area (Å²) in [5, 5.41) is 3.12. The van der Waals surface area contributed by atoms with E-state index in [0.717, 1.165) is 70.0 Å². The van der Waals surface area contributed by atoms with Gasteiger partial charge in [-0.25, -0.2) is 0 Å². The minimum absolute atomic E-state index is 0.0948. The molecule has 1 heterocycles. The maximum absolute atomic E-state index is 13.2. The smallest absolute Gasteiger partial charge is 0.251 e. The molecule has 1 N–H and O–H groups in total. The highest BCUT2D eigenvalue weighted by Gasteiger charge is 2.47. The first-order valence-corrected chi connectivity index (χ1v) is 13.0. The molecule has 1 aromatic rings. The molecule has 0 spiro atoms. The number of amides is 2. The molecule has 2 atom stereocenters. The highest BCUT2D eigenvalue weighted by atomic mass is 16.2. The lowest BCUT2D eigenvalue weighted by Crippen LogP contribution is -2.48. The maximum Gasteiger partial charge on any atom is 0.251 e. The molecule has 2 unspecified atom stereocenters. The molecular formula is C28H40N2O3. The minimum Gasteiger partial charge on any atom is -0.342 e. The first-order chi connectivity index (χ1) is 15.8. The molecule has 0 radical (unpaired) electrons. The molecule has 2 amide bonds. The molecule has 5 nitrogen and oxygen atoms in total. The van der Waals surface area contributed by atoms with Crippen molar-refractivity contribution in [2.45, 2.75) is 90.5 Å². The molecular weight excluding hydrogens is 412 g/mol. The van der Waals surface area contributed by atoms with Crippen LogP contribution in [0.15, 0.2) is 24.3 Å². The molecule has 1 aromatic carbocycles. The normalized spacial score (nSPS) is 23.8. The van der Waals surface area contributed by atoms with Crippen LogP contribution in [0.25, 0.3) is 0 Å². The van der Waals surface area contributed by atoms with Gasteiger partial charge in [0.05, 0.1) is 6.04 Å². The molecule has 1 saturated heterocycles. The second-order valence-corrected chi connectivity index (χ2v) is 11.2. The first-order valence-electron chi connectivity index (χ1n) is 13.0. The average Bonchev–Trinajstić information content (AvgIpc) is 3.60. The number of ketones is 1. The average molecular weight is 453 g/mol. The van der Waals surface area contributed by atoms with Gasteiger partial charge in [0.2, 0.25) is 5.91 Å². The predicted octanol–water partition coefficient (Wildman–Crippen LogP) is 5.10. The third-order valence-electron chi connectivity index (χ3n) is 8.13. The Morgan fingerprint density at radius 3 is 2.42 bits per heavy atom. The highest BCUT2D eigenvalue weighted by Crippen LogP contribution is 2.47. The van der Waals surface area contributed by atoms with Crippen LogP contribution in [-0.4, -0.2) is 41.6 Å². The van der Waals surface area contributed by atoms with Gasteiger partial charge in [-0.1, -0.05) is 52.2 Å². The Kier molecular flexibility index (Phi) is 7.25. The van der Waals surface area contributed by atoms with E-state index in [1.807, 2.05) is 36.9 Å². The van der Waals surface area contributed by atoms with Crippen molar-refractivity contribution in [2.24, 2.45) is 17.3 Å². The van der Waals surface area contributed by atoms with E-state index in [1.165, 1.54) is 6.42 Å². The van der Waals surface area contributed by atoms with Crippen molar-refractivity contribution in [3.63, 3.8) is 0 Å². The first kappa shape index (κ1) is 24.0. The van der Waals surface area contributed by atoms with Gasteiger partial charge in [0, 0.05) is 35.9 Å². The zero-order chi connectivity index (χ0) is 23.6. The number of likely N-dealkylation sites (tertiary alicyclic amines) is 1. The number of carbonyl (C=O) groups excluding carboxylic acids is 3. The van der Waals surface area contributed by atoms with Gasteiger partial charge in [0.25, 0.3) is 5.91 Å². The summed E-state index contributed by atoms with van der Waals surface area (Å²) < 4.78 is 0. The van der Waals surface area contributed by atoms with Gasteiger partial charge in [0.1, 0.15) is 0 Å². The topological polar surface area (TPSA) is 66.5 Å². The lowest BCUT2D eigenvalue weighted by atomic mass is 9.80. The summed E-state index contributed by atoms with van der Waals surface area (Å²) in [5.74, 6) is 0.676. The quantitative estimate of drug-likeness (QED) is 0.626. The number of nitrogens with zero attached hydrogens (tertiary/aromatic N) is 1. The SMILES string of the molecule is CC(C)C(=O)C(NC(=O)c1cccc(C2CCCN(C(=O)C3(C)CC3)C2)c1)C1CCCCC1. The molecule has 2 saturated carbocycles.